The first-order chi connectivity index (χ1) is 9.01. The number of nitrogens with zero attached hydrogens (tertiary/aromatic N) is 1. The third-order valence-corrected chi connectivity index (χ3v) is 2.95. The Morgan fingerprint density at radius 1 is 1.42 bits per heavy atom. The number of aliphatic hydroxyl groups is 2. The highest BCUT2D eigenvalue weighted by Crippen LogP contribution is 2.14. The quantitative estimate of drug-likeness (QED) is 0.791. The Kier molecular flexibility index (Phi) is 5.56. The van der Waals surface area contributed by atoms with Gasteiger partial charge in [0.2, 0.25) is 0 Å². The number of likely N-dealkylation sites (N-methyl/N-ethyl adjacent to an activating group) is 1. The maximum absolute atomic E-state index is 12.4. The summed E-state index contributed by atoms with van der Waals surface area (Å²) in [6, 6.07) is 5.15. The molecule has 4 heteroatoms. The zero-order chi connectivity index (χ0) is 14.4. The minimum atomic E-state index is -0.258. The van der Waals surface area contributed by atoms with Gasteiger partial charge < -0.3 is 15.1 Å². The maximum Gasteiger partial charge on any atom is 0.255 e. The summed E-state index contributed by atoms with van der Waals surface area (Å²) in [5, 5.41) is 17.9. The van der Waals surface area contributed by atoms with Gasteiger partial charge in [0.1, 0.15) is 6.61 Å². The van der Waals surface area contributed by atoms with Crippen LogP contribution in [0.2, 0.25) is 0 Å². The minimum absolute atomic E-state index is 0.0916. The molecule has 19 heavy (non-hydrogen) atoms. The van der Waals surface area contributed by atoms with Crippen molar-refractivity contribution < 1.29 is 15.0 Å². The number of benzene rings is 1. The van der Waals surface area contributed by atoms with Gasteiger partial charge in [-0.1, -0.05) is 23.5 Å². The van der Waals surface area contributed by atoms with E-state index in [1.165, 1.54) is 4.90 Å². The van der Waals surface area contributed by atoms with Crippen molar-refractivity contribution >= 4 is 5.91 Å². The molecule has 1 aromatic carbocycles. The number of hydrogen-bond donors (Lipinski definition) is 2. The summed E-state index contributed by atoms with van der Waals surface area (Å²) in [6.45, 7) is 3.33. The maximum atomic E-state index is 12.4. The molecule has 0 radical (unpaired) electrons. The number of hydrogen-bond acceptors (Lipinski definition) is 3. The van der Waals surface area contributed by atoms with Crippen LogP contribution in [0.4, 0.5) is 0 Å². The van der Waals surface area contributed by atoms with Crippen LogP contribution in [0.25, 0.3) is 0 Å². The molecule has 4 nitrogen and oxygen atoms in total. The first-order valence-corrected chi connectivity index (χ1v) is 6.09. The third kappa shape index (κ3) is 3.82. The number of aryl methyl sites for hydroxylation is 1. The van der Waals surface area contributed by atoms with Crippen molar-refractivity contribution in [1.82, 2.24) is 4.90 Å². The average molecular weight is 261 g/mol. The first kappa shape index (κ1) is 15.2. The highest BCUT2D eigenvalue weighted by atomic mass is 16.3. The largest absolute Gasteiger partial charge is 0.394 e. The summed E-state index contributed by atoms with van der Waals surface area (Å²) < 4.78 is 0. The summed E-state index contributed by atoms with van der Waals surface area (Å²) in [5.74, 6) is 5.13. The second kappa shape index (κ2) is 6.93. The second-order valence-corrected chi connectivity index (χ2v) is 4.46. The molecular weight excluding hydrogens is 242 g/mol. The van der Waals surface area contributed by atoms with Crippen LogP contribution in [0.15, 0.2) is 18.2 Å². The fraction of sp³-hybridized carbons (Fsp3) is 0.400. The van der Waals surface area contributed by atoms with Crippen LogP contribution >= 0.6 is 0 Å². The van der Waals surface area contributed by atoms with Gasteiger partial charge >= 0.3 is 0 Å². The van der Waals surface area contributed by atoms with E-state index in [4.69, 9.17) is 10.2 Å². The lowest BCUT2D eigenvalue weighted by molar-refractivity contribution is 0.0682. The summed E-state index contributed by atoms with van der Waals surface area (Å²) in [7, 11) is 1.65. The highest BCUT2D eigenvalue weighted by Gasteiger charge is 2.19. The normalized spacial score (nSPS) is 11.4. The Morgan fingerprint density at radius 3 is 2.68 bits per heavy atom. The van der Waals surface area contributed by atoms with Crippen LogP contribution in [0.3, 0.4) is 0 Å². The number of aliphatic hydroxyl groups excluding tert-OH is 2. The zero-order valence-electron chi connectivity index (χ0n) is 11.5. The fourth-order valence-corrected chi connectivity index (χ4v) is 1.59. The van der Waals surface area contributed by atoms with E-state index in [2.05, 4.69) is 11.8 Å². The molecule has 2 N–H and O–H groups in total. The molecule has 0 bridgehead atoms. The molecule has 0 aliphatic carbocycles. The Bertz CT molecular complexity index is 514. The molecule has 102 valence electrons. The van der Waals surface area contributed by atoms with E-state index in [-0.39, 0.29) is 25.2 Å². The van der Waals surface area contributed by atoms with E-state index in [1.54, 1.807) is 26.1 Å². The van der Waals surface area contributed by atoms with Gasteiger partial charge in [-0.2, -0.15) is 0 Å². The Hall–Kier alpha value is -1.83. The highest BCUT2D eigenvalue weighted by molar-refractivity contribution is 5.97. The molecule has 1 unspecified atom stereocenters. The lowest BCUT2D eigenvalue weighted by atomic mass is 10.0. The average Bonchev–Trinajstić information content (AvgIpc) is 2.43. The summed E-state index contributed by atoms with van der Waals surface area (Å²) in [6.07, 6.45) is 0. The van der Waals surface area contributed by atoms with Gasteiger partial charge in [-0.15, -0.1) is 0 Å². The summed E-state index contributed by atoms with van der Waals surface area (Å²) >= 11 is 0. The number of carbonyl (C=O) groups is 1. The molecule has 0 heterocycles. The van der Waals surface area contributed by atoms with Gasteiger partial charge in [-0.05, 0) is 26.0 Å². The number of amides is 1. The first-order valence-electron chi connectivity index (χ1n) is 6.09. The van der Waals surface area contributed by atoms with Crippen molar-refractivity contribution in [1.29, 1.82) is 0 Å². The van der Waals surface area contributed by atoms with E-state index < -0.39 is 0 Å². The van der Waals surface area contributed by atoms with Crippen molar-refractivity contribution in [2.75, 3.05) is 20.3 Å². The predicted octanol–water partition coefficient (Wildman–Crippen LogP) is 0.792. The molecule has 0 aliphatic heterocycles. The monoisotopic (exact) mass is 261 g/mol. The molecule has 0 fully saturated rings. The van der Waals surface area contributed by atoms with E-state index in [9.17, 15) is 4.79 Å². The molecule has 0 aromatic heterocycles. The predicted molar refractivity (Wildman–Crippen MR) is 73.8 cm³/mol. The zero-order valence-corrected chi connectivity index (χ0v) is 11.5. The second-order valence-electron chi connectivity index (χ2n) is 4.46. The van der Waals surface area contributed by atoms with Crippen molar-refractivity contribution in [2.24, 2.45) is 0 Å². The van der Waals surface area contributed by atoms with Crippen LogP contribution in [-0.4, -0.2) is 47.3 Å². The minimum Gasteiger partial charge on any atom is -0.394 e. The third-order valence-electron chi connectivity index (χ3n) is 2.95. The van der Waals surface area contributed by atoms with E-state index in [1.807, 2.05) is 13.0 Å². The SMILES string of the molecule is Cc1ccc(C#CCO)c(C(=O)N(C)C(C)CO)c1. The fourth-order valence-electron chi connectivity index (χ4n) is 1.59. The Labute approximate surface area is 113 Å². The van der Waals surface area contributed by atoms with E-state index in [0.717, 1.165) is 5.56 Å². The molecule has 1 rings (SSSR count). The van der Waals surface area contributed by atoms with Gasteiger partial charge in [-0.3, -0.25) is 4.79 Å². The van der Waals surface area contributed by atoms with E-state index in [0.29, 0.717) is 11.1 Å². The smallest absolute Gasteiger partial charge is 0.255 e. The van der Waals surface area contributed by atoms with Crippen molar-refractivity contribution in [3.63, 3.8) is 0 Å². The lowest BCUT2D eigenvalue weighted by Crippen LogP contribution is -2.37. The van der Waals surface area contributed by atoms with Crippen LogP contribution in [0.1, 0.15) is 28.4 Å². The summed E-state index contributed by atoms with van der Waals surface area (Å²) in [4.78, 5) is 13.9. The number of carbonyl (C=O) groups excluding carboxylic acids is 1. The van der Waals surface area contributed by atoms with Crippen molar-refractivity contribution in [3.8, 4) is 11.8 Å². The van der Waals surface area contributed by atoms with Crippen molar-refractivity contribution in [3.05, 3.63) is 34.9 Å². The Morgan fingerprint density at radius 2 is 2.11 bits per heavy atom. The topological polar surface area (TPSA) is 60.8 Å². The standard InChI is InChI=1S/C15H19NO3/c1-11-6-7-13(5-4-8-17)14(9-11)15(19)16(3)12(2)10-18/h6-7,9,12,17-18H,8,10H2,1-3H3. The lowest BCUT2D eigenvalue weighted by Gasteiger charge is -2.23. The number of rotatable bonds is 3. The molecule has 1 aromatic rings. The van der Waals surface area contributed by atoms with Gasteiger partial charge in [0.05, 0.1) is 18.2 Å². The van der Waals surface area contributed by atoms with Gasteiger partial charge in [-0.25, -0.2) is 0 Å². The Balaban J connectivity index is 3.17. The molecule has 1 atom stereocenters. The van der Waals surface area contributed by atoms with Crippen molar-refractivity contribution in [2.45, 2.75) is 19.9 Å². The van der Waals surface area contributed by atoms with E-state index >= 15 is 0 Å². The van der Waals surface area contributed by atoms with Gasteiger partial charge in [0.15, 0.2) is 0 Å². The van der Waals surface area contributed by atoms with Crippen LogP contribution in [-0.2, 0) is 0 Å². The van der Waals surface area contributed by atoms with Crippen LogP contribution in [0.5, 0.6) is 0 Å². The summed E-state index contributed by atoms with van der Waals surface area (Å²) in [5.41, 5.74) is 2.04. The molecule has 0 saturated carbocycles. The molecule has 0 spiro atoms. The molecule has 0 aliphatic rings. The van der Waals surface area contributed by atoms with Crippen LogP contribution < -0.4 is 0 Å². The van der Waals surface area contributed by atoms with Crippen LogP contribution in [0, 0.1) is 18.8 Å². The molecule has 0 saturated heterocycles. The molecule has 1 amide bonds. The van der Waals surface area contributed by atoms with Gasteiger partial charge in [0.25, 0.3) is 5.91 Å². The molecular formula is C15H19NO3. The van der Waals surface area contributed by atoms with Gasteiger partial charge in [0, 0.05) is 12.6 Å².